The molecule has 1 atom stereocenters. The molecule has 2 heterocycles. The molecule has 0 spiro atoms. The molecule has 0 aromatic heterocycles. The van der Waals surface area contributed by atoms with Gasteiger partial charge in [-0.3, -0.25) is 9.69 Å². The van der Waals surface area contributed by atoms with Gasteiger partial charge in [0, 0.05) is 6.54 Å². The van der Waals surface area contributed by atoms with E-state index in [0.717, 1.165) is 55.9 Å². The molecule has 2 aliphatic heterocycles. The number of rotatable bonds is 6. The Kier molecular flexibility index (Phi) is 8.13. The highest BCUT2D eigenvalue weighted by atomic mass is 19.2. The normalized spacial score (nSPS) is 19.7. The van der Waals surface area contributed by atoms with Crippen LogP contribution in [0, 0.1) is 25.5 Å². The van der Waals surface area contributed by atoms with Gasteiger partial charge in [0.15, 0.2) is 11.6 Å². The molecule has 188 valence electrons. The summed E-state index contributed by atoms with van der Waals surface area (Å²) in [6.45, 7) is 7.46. The van der Waals surface area contributed by atoms with E-state index in [4.69, 9.17) is 4.74 Å². The van der Waals surface area contributed by atoms with Gasteiger partial charge in [0.1, 0.15) is 6.61 Å². The van der Waals surface area contributed by atoms with Crippen LogP contribution < -0.4 is 5.32 Å². The Hall–Kier alpha value is -2.84. The van der Waals surface area contributed by atoms with Gasteiger partial charge in [0.2, 0.25) is 0 Å². The van der Waals surface area contributed by atoms with E-state index in [-0.39, 0.29) is 13.2 Å². The zero-order chi connectivity index (χ0) is 24.9. The van der Waals surface area contributed by atoms with Crippen molar-refractivity contribution >= 4 is 11.9 Å². The fraction of sp³-hybridized carbons (Fsp3) is 0.481. The van der Waals surface area contributed by atoms with Crippen molar-refractivity contribution in [3.8, 4) is 0 Å². The van der Waals surface area contributed by atoms with Crippen LogP contribution in [0.4, 0.5) is 13.6 Å². The lowest BCUT2D eigenvalue weighted by Crippen LogP contribution is -2.51. The second-order valence-electron chi connectivity index (χ2n) is 9.53. The van der Waals surface area contributed by atoms with Crippen LogP contribution in [0.25, 0.3) is 0 Å². The maximum absolute atomic E-state index is 13.7. The molecule has 35 heavy (non-hydrogen) atoms. The molecule has 0 saturated carbocycles. The van der Waals surface area contributed by atoms with Crippen molar-refractivity contribution in [1.82, 2.24) is 15.1 Å². The number of carbonyl (C=O) groups excluding carboxylic acids is 2. The molecule has 2 aromatic rings. The molecule has 2 fully saturated rings. The summed E-state index contributed by atoms with van der Waals surface area (Å²) in [6, 6.07) is 8.73. The molecule has 2 aliphatic rings. The van der Waals surface area contributed by atoms with Gasteiger partial charge in [-0.2, -0.15) is 0 Å². The summed E-state index contributed by atoms with van der Waals surface area (Å²) in [7, 11) is 0. The first-order chi connectivity index (χ1) is 16.8. The number of nitrogens with one attached hydrogen (secondary N) is 1. The fourth-order valence-corrected chi connectivity index (χ4v) is 5.13. The highest BCUT2D eigenvalue weighted by molar-refractivity contribution is 5.96. The predicted octanol–water partition coefficient (Wildman–Crippen LogP) is 4.46. The highest BCUT2D eigenvalue weighted by Gasteiger charge is 2.35. The number of imide groups is 1. The molecule has 4 rings (SSSR count). The Balaban J connectivity index is 1.24. The molecule has 0 radical (unpaired) electrons. The highest BCUT2D eigenvalue weighted by Crippen LogP contribution is 2.31. The Labute approximate surface area is 205 Å². The zero-order valence-corrected chi connectivity index (χ0v) is 20.4. The molecule has 3 amide bonds. The number of hydrogen-bond acceptors (Lipinski definition) is 4. The number of ether oxygens (including phenoxy) is 1. The third kappa shape index (κ3) is 6.05. The smallest absolute Gasteiger partial charge is 0.324 e. The molecule has 0 bridgehead atoms. The van der Waals surface area contributed by atoms with Crippen LogP contribution in [-0.2, 0) is 9.53 Å². The Morgan fingerprint density at radius 2 is 1.86 bits per heavy atom. The summed E-state index contributed by atoms with van der Waals surface area (Å²) in [5.41, 5.74) is 4.43. The number of halogens is 2. The van der Waals surface area contributed by atoms with Gasteiger partial charge >= 0.3 is 6.03 Å². The number of benzene rings is 2. The summed E-state index contributed by atoms with van der Waals surface area (Å²) in [5.74, 6) is -1.92. The molecule has 1 N–H and O–H groups in total. The Morgan fingerprint density at radius 1 is 1.09 bits per heavy atom. The van der Waals surface area contributed by atoms with Gasteiger partial charge in [-0.05, 0) is 87.5 Å². The number of carbonyl (C=O) groups is 2. The molecule has 2 saturated heterocycles. The largest absolute Gasteiger partial charge is 0.369 e. The van der Waals surface area contributed by atoms with E-state index < -0.39 is 29.6 Å². The molecule has 2 aromatic carbocycles. The van der Waals surface area contributed by atoms with Crippen LogP contribution in [0.15, 0.2) is 36.4 Å². The van der Waals surface area contributed by atoms with Crippen LogP contribution in [-0.4, -0.2) is 61.1 Å². The number of nitrogens with zero attached hydrogens (tertiary/aromatic N) is 2. The predicted molar refractivity (Wildman–Crippen MR) is 129 cm³/mol. The second-order valence-corrected chi connectivity index (χ2v) is 9.53. The molecule has 0 aliphatic carbocycles. The maximum atomic E-state index is 13.7. The van der Waals surface area contributed by atoms with E-state index >= 15 is 0 Å². The van der Waals surface area contributed by atoms with Gasteiger partial charge in [-0.25, -0.2) is 13.6 Å². The SMILES string of the molecule is Cc1ccc(C2CCN(CCCNC(=O)N3C(=O)COCC3c3ccc(F)c(F)c3)CC2)c(C)c1. The third-order valence-corrected chi connectivity index (χ3v) is 7.01. The average molecular weight is 486 g/mol. The van der Waals surface area contributed by atoms with Crippen molar-refractivity contribution < 1.29 is 23.1 Å². The number of aryl methyl sites for hydroxylation is 2. The van der Waals surface area contributed by atoms with E-state index in [2.05, 4.69) is 42.3 Å². The first-order valence-corrected chi connectivity index (χ1v) is 12.3. The molecular formula is C27H33F2N3O3. The standard InChI is InChI=1S/C27H33F2N3O3/c1-18-4-6-22(19(2)14-18)20-8-12-31(13-9-20)11-3-10-30-27(34)32-25(16-35-17-26(32)33)21-5-7-23(28)24(29)15-21/h4-7,14-15,20,25H,3,8-13,16-17H2,1-2H3,(H,30,34). The van der Waals surface area contributed by atoms with Crippen LogP contribution in [0.3, 0.4) is 0 Å². The van der Waals surface area contributed by atoms with Gasteiger partial charge in [-0.1, -0.05) is 29.8 Å². The van der Waals surface area contributed by atoms with E-state index in [1.807, 2.05) is 0 Å². The van der Waals surface area contributed by atoms with Crippen molar-refractivity contribution in [3.63, 3.8) is 0 Å². The van der Waals surface area contributed by atoms with Crippen LogP contribution in [0.5, 0.6) is 0 Å². The average Bonchev–Trinajstić information content (AvgIpc) is 2.84. The van der Waals surface area contributed by atoms with Crippen molar-refractivity contribution in [2.75, 3.05) is 39.4 Å². The Morgan fingerprint density at radius 3 is 2.57 bits per heavy atom. The van der Waals surface area contributed by atoms with Gasteiger partial charge in [-0.15, -0.1) is 0 Å². The van der Waals surface area contributed by atoms with Gasteiger partial charge in [0.05, 0.1) is 12.6 Å². The van der Waals surface area contributed by atoms with Crippen molar-refractivity contribution in [1.29, 1.82) is 0 Å². The summed E-state index contributed by atoms with van der Waals surface area (Å²) < 4.78 is 32.3. The van der Waals surface area contributed by atoms with Crippen molar-refractivity contribution in [2.45, 2.75) is 45.1 Å². The van der Waals surface area contributed by atoms with Crippen molar-refractivity contribution in [3.05, 3.63) is 70.3 Å². The number of likely N-dealkylation sites (tertiary alicyclic amines) is 1. The molecule has 6 nitrogen and oxygen atoms in total. The van der Waals surface area contributed by atoms with E-state index in [0.29, 0.717) is 18.0 Å². The summed E-state index contributed by atoms with van der Waals surface area (Å²) in [5, 5.41) is 2.81. The first-order valence-electron chi connectivity index (χ1n) is 12.3. The number of morpholine rings is 1. The minimum atomic E-state index is -1.03. The lowest BCUT2D eigenvalue weighted by atomic mass is 9.86. The van der Waals surface area contributed by atoms with Crippen LogP contribution >= 0.6 is 0 Å². The molecule has 1 unspecified atom stereocenters. The van der Waals surface area contributed by atoms with E-state index in [1.165, 1.54) is 22.8 Å². The van der Waals surface area contributed by atoms with Crippen LogP contribution in [0.2, 0.25) is 0 Å². The summed E-state index contributed by atoms with van der Waals surface area (Å²) >= 11 is 0. The summed E-state index contributed by atoms with van der Waals surface area (Å²) in [4.78, 5) is 28.7. The maximum Gasteiger partial charge on any atom is 0.324 e. The quantitative estimate of drug-likeness (QED) is 0.614. The van der Waals surface area contributed by atoms with E-state index in [1.54, 1.807) is 0 Å². The lowest BCUT2D eigenvalue weighted by Gasteiger charge is -2.34. The summed E-state index contributed by atoms with van der Waals surface area (Å²) in [6.07, 6.45) is 3.00. The van der Waals surface area contributed by atoms with Gasteiger partial charge < -0.3 is 15.0 Å². The lowest BCUT2D eigenvalue weighted by molar-refractivity contribution is -0.143. The van der Waals surface area contributed by atoms with E-state index in [9.17, 15) is 18.4 Å². The Bertz CT molecular complexity index is 1070. The first kappa shape index (κ1) is 25.3. The number of hydrogen-bond donors (Lipinski definition) is 1. The second kappa shape index (κ2) is 11.3. The number of piperidine rings is 1. The number of amides is 3. The monoisotopic (exact) mass is 485 g/mol. The molecule has 8 heteroatoms. The van der Waals surface area contributed by atoms with Gasteiger partial charge in [0.25, 0.3) is 5.91 Å². The minimum Gasteiger partial charge on any atom is -0.369 e. The third-order valence-electron chi connectivity index (χ3n) is 7.01. The van der Waals surface area contributed by atoms with Crippen LogP contribution in [0.1, 0.15) is 53.5 Å². The van der Waals surface area contributed by atoms with Crippen molar-refractivity contribution in [2.24, 2.45) is 0 Å². The molecular weight excluding hydrogens is 452 g/mol. The minimum absolute atomic E-state index is 0.0413. The zero-order valence-electron chi connectivity index (χ0n) is 20.4. The topological polar surface area (TPSA) is 61.9 Å². The number of urea groups is 1. The fourth-order valence-electron chi connectivity index (χ4n) is 5.13.